The van der Waals surface area contributed by atoms with Crippen LogP contribution in [-0.2, 0) is 20.9 Å². The minimum atomic E-state index is -0.652. The maximum absolute atomic E-state index is 11.7. The summed E-state index contributed by atoms with van der Waals surface area (Å²) in [5, 5.41) is 1.22. The molecule has 6 nitrogen and oxygen atoms in total. The lowest BCUT2D eigenvalue weighted by atomic mass is 10.2. The minimum absolute atomic E-state index is 0.120. The van der Waals surface area contributed by atoms with Crippen molar-refractivity contribution in [2.75, 3.05) is 6.61 Å². The van der Waals surface area contributed by atoms with Crippen molar-refractivity contribution in [2.45, 2.75) is 13.5 Å². The van der Waals surface area contributed by atoms with Gasteiger partial charge in [-0.2, -0.15) is 0 Å². The number of carbonyl (C=O) groups is 1. The van der Waals surface area contributed by atoms with Crippen LogP contribution in [0.1, 0.15) is 12.5 Å². The third kappa shape index (κ3) is 4.06. The van der Waals surface area contributed by atoms with Crippen LogP contribution < -0.4 is 11.6 Å². The maximum Gasteiger partial charge on any atom is 0.356 e. The highest BCUT2D eigenvalue weighted by Crippen LogP contribution is 2.26. The quantitative estimate of drug-likeness (QED) is 0.370. The van der Waals surface area contributed by atoms with Crippen LogP contribution in [0.25, 0.3) is 0 Å². The molecule has 0 radical (unpaired) electrons. The third-order valence-corrected chi connectivity index (χ3v) is 3.44. The van der Waals surface area contributed by atoms with Crippen LogP contribution in [0.2, 0.25) is 0 Å². The number of allylic oxidation sites excluding steroid dienone is 2. The Hall–Kier alpha value is -2.44. The number of esters is 1. The van der Waals surface area contributed by atoms with E-state index < -0.39 is 5.97 Å². The van der Waals surface area contributed by atoms with E-state index in [9.17, 15) is 4.79 Å². The third-order valence-electron chi connectivity index (χ3n) is 3.08. The zero-order valence-corrected chi connectivity index (χ0v) is 13.4. The molecule has 0 saturated carbocycles. The Balaban J connectivity index is 2.12. The van der Waals surface area contributed by atoms with Gasteiger partial charge in [-0.3, -0.25) is 5.01 Å². The molecule has 0 bridgehead atoms. The molecule has 122 valence electrons. The summed E-state index contributed by atoms with van der Waals surface area (Å²) in [5.74, 6) is 5.62. The molecule has 0 saturated heterocycles. The Bertz CT molecular complexity index is 668. The lowest BCUT2D eigenvalue weighted by molar-refractivity contribution is -0.138. The molecule has 0 atom stereocenters. The predicted octanol–water partition coefficient (Wildman–Crippen LogP) is 2.09. The number of nitrogens with zero attached hydrogens (tertiary/aromatic N) is 1. The molecule has 7 heteroatoms. The molecule has 0 unspecified atom stereocenters. The van der Waals surface area contributed by atoms with Gasteiger partial charge in [-0.1, -0.05) is 41.9 Å². The fourth-order valence-corrected chi connectivity index (χ4v) is 2.11. The fraction of sp³-hybridized carbons (Fsp3) is 0.188. The minimum Gasteiger partial charge on any atom is -0.486 e. The normalized spacial score (nSPS) is 16.4. The van der Waals surface area contributed by atoms with Gasteiger partial charge in [-0.15, -0.1) is 0 Å². The molecule has 0 amide bonds. The summed E-state index contributed by atoms with van der Waals surface area (Å²) in [6.07, 6.45) is 3.16. The molecule has 4 N–H and O–H groups in total. The molecule has 0 aliphatic carbocycles. The molecule has 1 aliphatic heterocycles. The van der Waals surface area contributed by atoms with E-state index >= 15 is 0 Å². The number of ether oxygens (including phenoxy) is 2. The standard InChI is InChI=1S/C16H18ClN3O3/c1-2-22-16(21)14(18)12-8-9-13(15(17)20(12)19)23-10-11-6-4-3-5-7-11/h3-9H,2,10,18-19H2,1H3/b14-12-. The first-order valence-corrected chi connectivity index (χ1v) is 7.38. The van der Waals surface area contributed by atoms with E-state index in [0.717, 1.165) is 10.6 Å². The van der Waals surface area contributed by atoms with Crippen LogP contribution in [0.4, 0.5) is 0 Å². The molecule has 0 aromatic heterocycles. The summed E-state index contributed by atoms with van der Waals surface area (Å²) < 4.78 is 10.5. The van der Waals surface area contributed by atoms with E-state index in [0.29, 0.717) is 12.4 Å². The highest BCUT2D eigenvalue weighted by Gasteiger charge is 2.23. The van der Waals surface area contributed by atoms with Crippen LogP contribution >= 0.6 is 11.6 Å². The van der Waals surface area contributed by atoms with Crippen LogP contribution in [0, 0.1) is 0 Å². The Kier molecular flexibility index (Phi) is 5.67. The van der Waals surface area contributed by atoms with Gasteiger partial charge < -0.3 is 15.2 Å². The smallest absolute Gasteiger partial charge is 0.356 e. The van der Waals surface area contributed by atoms with Crippen molar-refractivity contribution < 1.29 is 14.3 Å². The summed E-state index contributed by atoms with van der Waals surface area (Å²) >= 11 is 6.18. The average Bonchev–Trinajstić information content (AvgIpc) is 2.57. The Morgan fingerprint density at radius 3 is 2.61 bits per heavy atom. The van der Waals surface area contributed by atoms with Crippen molar-refractivity contribution in [3.63, 3.8) is 0 Å². The second-order valence-corrected chi connectivity index (χ2v) is 5.01. The van der Waals surface area contributed by atoms with E-state index in [4.69, 9.17) is 32.7 Å². The number of carbonyl (C=O) groups excluding carboxylic acids is 1. The number of benzene rings is 1. The van der Waals surface area contributed by atoms with Crippen LogP contribution in [0.3, 0.4) is 0 Å². The molecule has 2 rings (SSSR count). The molecule has 0 spiro atoms. The van der Waals surface area contributed by atoms with Crippen molar-refractivity contribution in [2.24, 2.45) is 11.6 Å². The molecule has 23 heavy (non-hydrogen) atoms. The van der Waals surface area contributed by atoms with E-state index in [-0.39, 0.29) is 23.2 Å². The highest BCUT2D eigenvalue weighted by atomic mass is 35.5. The molecule has 0 fully saturated rings. The number of nitrogens with two attached hydrogens (primary N) is 2. The number of hydrogen-bond donors (Lipinski definition) is 2. The Labute approximate surface area is 139 Å². The summed E-state index contributed by atoms with van der Waals surface area (Å²) in [5.41, 5.74) is 6.88. The average molecular weight is 336 g/mol. The second kappa shape index (κ2) is 7.71. The Morgan fingerprint density at radius 1 is 1.26 bits per heavy atom. The van der Waals surface area contributed by atoms with Gasteiger partial charge in [-0.25, -0.2) is 10.6 Å². The number of rotatable bonds is 5. The molecule has 1 aliphatic rings. The summed E-state index contributed by atoms with van der Waals surface area (Å²) in [6.45, 7) is 2.25. The summed E-state index contributed by atoms with van der Waals surface area (Å²) in [7, 11) is 0. The van der Waals surface area contributed by atoms with Crippen molar-refractivity contribution in [3.8, 4) is 0 Å². The van der Waals surface area contributed by atoms with Gasteiger partial charge in [0, 0.05) is 0 Å². The second-order valence-electron chi connectivity index (χ2n) is 4.65. The van der Waals surface area contributed by atoms with E-state index in [2.05, 4.69) is 0 Å². The van der Waals surface area contributed by atoms with E-state index in [1.165, 1.54) is 0 Å². The van der Waals surface area contributed by atoms with Crippen LogP contribution in [0.5, 0.6) is 0 Å². The fourth-order valence-electron chi connectivity index (χ4n) is 1.90. The molecule has 1 heterocycles. The highest BCUT2D eigenvalue weighted by molar-refractivity contribution is 6.29. The zero-order valence-electron chi connectivity index (χ0n) is 12.7. The van der Waals surface area contributed by atoms with Crippen molar-refractivity contribution >= 4 is 17.6 Å². The van der Waals surface area contributed by atoms with Crippen LogP contribution in [0.15, 0.2) is 64.8 Å². The first kappa shape index (κ1) is 16.9. The number of hydrazine groups is 1. The van der Waals surface area contributed by atoms with Crippen molar-refractivity contribution in [1.82, 2.24) is 5.01 Å². The van der Waals surface area contributed by atoms with Crippen molar-refractivity contribution in [1.29, 1.82) is 0 Å². The van der Waals surface area contributed by atoms with Gasteiger partial charge in [0.25, 0.3) is 0 Å². The Morgan fingerprint density at radius 2 is 1.96 bits per heavy atom. The lowest BCUT2D eigenvalue weighted by Gasteiger charge is -2.25. The van der Waals surface area contributed by atoms with Gasteiger partial charge in [0.05, 0.1) is 12.3 Å². The summed E-state index contributed by atoms with van der Waals surface area (Å²) in [4.78, 5) is 11.7. The lowest BCUT2D eigenvalue weighted by Crippen LogP contribution is -2.34. The monoisotopic (exact) mass is 335 g/mol. The SMILES string of the molecule is CCOC(=O)/C(N)=C1\C=CC(OCc2ccccc2)=C(Cl)N1N. The van der Waals surface area contributed by atoms with Gasteiger partial charge in [0.1, 0.15) is 12.3 Å². The molecular formula is C16H18ClN3O3. The topological polar surface area (TPSA) is 90.8 Å². The summed E-state index contributed by atoms with van der Waals surface area (Å²) in [6, 6.07) is 9.63. The first-order valence-electron chi connectivity index (χ1n) is 7.00. The van der Waals surface area contributed by atoms with Gasteiger partial charge in [0.15, 0.2) is 10.9 Å². The predicted molar refractivity (Wildman–Crippen MR) is 87.1 cm³/mol. The molecular weight excluding hydrogens is 318 g/mol. The van der Waals surface area contributed by atoms with Gasteiger partial charge in [-0.05, 0) is 24.6 Å². The largest absolute Gasteiger partial charge is 0.486 e. The van der Waals surface area contributed by atoms with E-state index in [1.807, 2.05) is 30.3 Å². The van der Waals surface area contributed by atoms with Crippen molar-refractivity contribution in [3.05, 3.63) is 70.4 Å². The number of halogens is 1. The maximum atomic E-state index is 11.7. The van der Waals surface area contributed by atoms with Gasteiger partial charge in [0.2, 0.25) is 0 Å². The van der Waals surface area contributed by atoms with Crippen LogP contribution in [-0.4, -0.2) is 17.6 Å². The van der Waals surface area contributed by atoms with E-state index in [1.54, 1.807) is 19.1 Å². The van der Waals surface area contributed by atoms with Gasteiger partial charge >= 0.3 is 5.97 Å². The number of hydrogen-bond acceptors (Lipinski definition) is 6. The first-order chi connectivity index (χ1) is 11.0. The zero-order chi connectivity index (χ0) is 16.8. The molecule has 1 aromatic carbocycles. The molecule has 1 aromatic rings.